The maximum absolute atomic E-state index is 12.9. The zero-order valence-corrected chi connectivity index (χ0v) is 12.9. The molecule has 1 N–H and O–H groups in total. The zero-order chi connectivity index (χ0) is 14.7. The number of hydrogen-bond acceptors (Lipinski definition) is 1. The Balaban J connectivity index is 2.13. The first-order chi connectivity index (χ1) is 9.47. The van der Waals surface area contributed by atoms with E-state index in [2.05, 4.69) is 21.2 Å². The molecule has 0 fully saturated rings. The lowest BCUT2D eigenvalue weighted by Crippen LogP contribution is -2.26. The Hall–Kier alpha value is -1.68. The fourth-order valence-electron chi connectivity index (χ4n) is 1.91. The van der Waals surface area contributed by atoms with Gasteiger partial charge in [-0.2, -0.15) is 0 Å². The predicted molar refractivity (Wildman–Crippen MR) is 81.2 cm³/mol. The summed E-state index contributed by atoms with van der Waals surface area (Å²) in [4.78, 5) is 12.2. The minimum absolute atomic E-state index is 0.159. The van der Waals surface area contributed by atoms with E-state index in [1.807, 2.05) is 26.0 Å². The molecular weight excluding hydrogens is 321 g/mol. The second kappa shape index (κ2) is 6.18. The molecule has 0 heterocycles. The van der Waals surface area contributed by atoms with Crippen LogP contribution in [0, 0.1) is 12.7 Å². The van der Waals surface area contributed by atoms with Crippen molar-refractivity contribution < 1.29 is 9.18 Å². The average molecular weight is 336 g/mol. The number of carbonyl (C=O) groups is 1. The highest BCUT2D eigenvalue weighted by Crippen LogP contribution is 2.20. The lowest BCUT2D eigenvalue weighted by molar-refractivity contribution is 0.0939. The first-order valence-corrected chi connectivity index (χ1v) is 7.09. The molecule has 2 aromatic carbocycles. The SMILES string of the molecule is Cc1ccc(C(=O)NC(C)c2ccc(F)cc2)c(Br)c1. The van der Waals surface area contributed by atoms with Gasteiger partial charge < -0.3 is 5.32 Å². The highest BCUT2D eigenvalue weighted by atomic mass is 79.9. The molecule has 0 aliphatic heterocycles. The molecular formula is C16H15BrFNO. The van der Waals surface area contributed by atoms with E-state index in [0.717, 1.165) is 15.6 Å². The first kappa shape index (κ1) is 14.7. The van der Waals surface area contributed by atoms with Gasteiger partial charge in [0.25, 0.3) is 5.91 Å². The number of halogens is 2. The summed E-state index contributed by atoms with van der Waals surface area (Å²) in [7, 11) is 0. The van der Waals surface area contributed by atoms with Crippen LogP contribution < -0.4 is 5.32 Å². The third-order valence-electron chi connectivity index (χ3n) is 3.09. The van der Waals surface area contributed by atoms with Crippen LogP contribution >= 0.6 is 15.9 Å². The van der Waals surface area contributed by atoms with E-state index in [0.29, 0.717) is 5.56 Å². The van der Waals surface area contributed by atoms with Crippen LogP contribution in [0.15, 0.2) is 46.9 Å². The van der Waals surface area contributed by atoms with Gasteiger partial charge in [-0.05, 0) is 65.2 Å². The molecule has 0 bridgehead atoms. The molecule has 1 atom stereocenters. The Bertz CT molecular complexity index is 625. The average Bonchev–Trinajstić information content (AvgIpc) is 2.39. The van der Waals surface area contributed by atoms with Crippen molar-refractivity contribution in [1.82, 2.24) is 5.32 Å². The van der Waals surface area contributed by atoms with E-state index in [1.165, 1.54) is 12.1 Å². The normalized spacial score (nSPS) is 12.0. The van der Waals surface area contributed by atoms with Crippen LogP contribution in [-0.2, 0) is 0 Å². The molecule has 2 rings (SSSR count). The quantitative estimate of drug-likeness (QED) is 0.885. The maximum atomic E-state index is 12.9. The van der Waals surface area contributed by atoms with E-state index >= 15 is 0 Å². The fraction of sp³-hybridized carbons (Fsp3) is 0.188. The molecule has 0 aliphatic carbocycles. The topological polar surface area (TPSA) is 29.1 Å². The van der Waals surface area contributed by atoms with Crippen LogP contribution in [-0.4, -0.2) is 5.91 Å². The summed E-state index contributed by atoms with van der Waals surface area (Å²) >= 11 is 3.39. The predicted octanol–water partition coefficient (Wildman–Crippen LogP) is 4.39. The number of rotatable bonds is 3. The van der Waals surface area contributed by atoms with E-state index < -0.39 is 0 Å². The second-order valence-electron chi connectivity index (χ2n) is 4.73. The summed E-state index contributed by atoms with van der Waals surface area (Å²) in [6.45, 7) is 3.83. The van der Waals surface area contributed by atoms with Gasteiger partial charge in [0.2, 0.25) is 0 Å². The summed E-state index contributed by atoms with van der Waals surface area (Å²) in [6, 6.07) is 11.5. The van der Waals surface area contributed by atoms with Crippen molar-refractivity contribution in [2.24, 2.45) is 0 Å². The van der Waals surface area contributed by atoms with Gasteiger partial charge in [-0.25, -0.2) is 4.39 Å². The highest BCUT2D eigenvalue weighted by Gasteiger charge is 2.14. The Morgan fingerprint density at radius 1 is 1.20 bits per heavy atom. The molecule has 104 valence electrons. The van der Waals surface area contributed by atoms with E-state index in [1.54, 1.807) is 18.2 Å². The third kappa shape index (κ3) is 3.45. The molecule has 0 aromatic heterocycles. The molecule has 4 heteroatoms. The Labute approximate surface area is 126 Å². The molecule has 2 nitrogen and oxygen atoms in total. The van der Waals surface area contributed by atoms with Gasteiger partial charge in [0.1, 0.15) is 5.82 Å². The van der Waals surface area contributed by atoms with Crippen LogP contribution in [0.25, 0.3) is 0 Å². The molecule has 2 aromatic rings. The van der Waals surface area contributed by atoms with Gasteiger partial charge in [-0.15, -0.1) is 0 Å². The summed E-state index contributed by atoms with van der Waals surface area (Å²) in [5, 5.41) is 2.90. The molecule has 0 aliphatic rings. The number of nitrogens with one attached hydrogen (secondary N) is 1. The number of carbonyl (C=O) groups excluding carboxylic acids is 1. The number of aryl methyl sites for hydroxylation is 1. The van der Waals surface area contributed by atoms with Crippen LogP contribution in [0.1, 0.15) is 34.5 Å². The van der Waals surface area contributed by atoms with E-state index in [-0.39, 0.29) is 17.8 Å². The van der Waals surface area contributed by atoms with Gasteiger partial charge in [0, 0.05) is 4.47 Å². The summed E-state index contributed by atoms with van der Waals surface area (Å²) in [5.41, 5.74) is 2.53. The zero-order valence-electron chi connectivity index (χ0n) is 11.3. The summed E-state index contributed by atoms with van der Waals surface area (Å²) < 4.78 is 13.6. The molecule has 1 amide bonds. The van der Waals surface area contributed by atoms with Crippen LogP contribution in [0.2, 0.25) is 0 Å². The Kier molecular flexibility index (Phi) is 4.55. The van der Waals surface area contributed by atoms with E-state index in [9.17, 15) is 9.18 Å². The maximum Gasteiger partial charge on any atom is 0.252 e. The lowest BCUT2D eigenvalue weighted by atomic mass is 10.1. The smallest absolute Gasteiger partial charge is 0.252 e. The second-order valence-corrected chi connectivity index (χ2v) is 5.58. The lowest BCUT2D eigenvalue weighted by Gasteiger charge is -2.15. The van der Waals surface area contributed by atoms with Crippen LogP contribution in [0.3, 0.4) is 0 Å². The molecule has 0 spiro atoms. The van der Waals surface area contributed by atoms with Gasteiger partial charge in [0.05, 0.1) is 11.6 Å². The van der Waals surface area contributed by atoms with Crippen molar-refractivity contribution in [2.45, 2.75) is 19.9 Å². The first-order valence-electron chi connectivity index (χ1n) is 6.30. The standard InChI is InChI=1S/C16H15BrFNO/c1-10-3-8-14(15(17)9-10)16(20)19-11(2)12-4-6-13(18)7-5-12/h3-9,11H,1-2H3,(H,19,20). The monoisotopic (exact) mass is 335 g/mol. The van der Waals surface area contributed by atoms with Crippen LogP contribution in [0.5, 0.6) is 0 Å². The van der Waals surface area contributed by atoms with Crippen LogP contribution in [0.4, 0.5) is 4.39 Å². The highest BCUT2D eigenvalue weighted by molar-refractivity contribution is 9.10. The number of benzene rings is 2. The van der Waals surface area contributed by atoms with Crippen molar-refractivity contribution >= 4 is 21.8 Å². The van der Waals surface area contributed by atoms with Gasteiger partial charge in [-0.3, -0.25) is 4.79 Å². The summed E-state index contributed by atoms with van der Waals surface area (Å²) in [5.74, 6) is -0.442. The largest absolute Gasteiger partial charge is 0.345 e. The van der Waals surface area contributed by atoms with Gasteiger partial charge in [0.15, 0.2) is 0 Å². The van der Waals surface area contributed by atoms with Crippen molar-refractivity contribution in [3.8, 4) is 0 Å². The fourth-order valence-corrected chi connectivity index (χ4v) is 2.59. The molecule has 0 saturated heterocycles. The van der Waals surface area contributed by atoms with E-state index in [4.69, 9.17) is 0 Å². The molecule has 20 heavy (non-hydrogen) atoms. The Morgan fingerprint density at radius 3 is 2.45 bits per heavy atom. The molecule has 1 unspecified atom stereocenters. The molecule has 0 saturated carbocycles. The van der Waals surface area contributed by atoms with Gasteiger partial charge in [-0.1, -0.05) is 18.2 Å². The third-order valence-corrected chi connectivity index (χ3v) is 3.74. The van der Waals surface area contributed by atoms with Crippen molar-refractivity contribution in [3.05, 3.63) is 69.4 Å². The summed E-state index contributed by atoms with van der Waals surface area (Å²) in [6.07, 6.45) is 0. The Morgan fingerprint density at radius 2 is 1.85 bits per heavy atom. The molecule has 0 radical (unpaired) electrons. The minimum Gasteiger partial charge on any atom is -0.345 e. The number of amides is 1. The van der Waals surface area contributed by atoms with Crippen molar-refractivity contribution in [1.29, 1.82) is 0 Å². The van der Waals surface area contributed by atoms with Crippen molar-refractivity contribution in [3.63, 3.8) is 0 Å². The van der Waals surface area contributed by atoms with Crippen molar-refractivity contribution in [2.75, 3.05) is 0 Å². The minimum atomic E-state index is -0.284. The van der Waals surface area contributed by atoms with Gasteiger partial charge >= 0.3 is 0 Å². The number of hydrogen-bond donors (Lipinski definition) is 1.